The Morgan fingerprint density at radius 2 is 2.04 bits per heavy atom. The second-order valence-electron chi connectivity index (χ2n) is 5.40. The number of nitrogens with two attached hydrogens (primary N) is 1. The second kappa shape index (κ2) is 6.98. The van der Waals surface area contributed by atoms with E-state index in [1.165, 1.54) is 24.4 Å². The van der Waals surface area contributed by atoms with Crippen molar-refractivity contribution in [3.8, 4) is 0 Å². The number of carbonyl (C=O) groups excluding carboxylic acids is 1. The lowest BCUT2D eigenvalue weighted by Crippen LogP contribution is -2.30. The van der Waals surface area contributed by atoms with Crippen LogP contribution in [0.25, 0.3) is 0 Å². The van der Waals surface area contributed by atoms with Gasteiger partial charge in [0.05, 0.1) is 24.6 Å². The van der Waals surface area contributed by atoms with E-state index in [1.807, 2.05) is 5.43 Å². The molecule has 0 fully saturated rings. The van der Waals surface area contributed by atoms with Crippen molar-refractivity contribution in [2.24, 2.45) is 5.84 Å². The summed E-state index contributed by atoms with van der Waals surface area (Å²) in [6.45, 7) is 0.111. The van der Waals surface area contributed by atoms with E-state index < -0.39 is 26.9 Å². The summed E-state index contributed by atoms with van der Waals surface area (Å²) in [5, 5.41) is 0. The maximum atomic E-state index is 14.3. The monoisotopic (exact) mass is 352 g/mol. The van der Waals surface area contributed by atoms with Gasteiger partial charge in [-0.3, -0.25) is 15.2 Å². The summed E-state index contributed by atoms with van der Waals surface area (Å²) >= 11 is 0. The standard InChI is InChI=1S/C16H18F2N4OS/c1-24(2,3)22(14-7-13(17)8-20-9-14)10-12-5-4-11(6-15(12)18)16(23)21-19/h4-9H,1-2,10,19H2,3H3,(H,21,23). The largest absolute Gasteiger partial charge is 0.322 e. The Labute approximate surface area is 139 Å². The predicted octanol–water partition coefficient (Wildman–Crippen LogP) is 2.18. The minimum absolute atomic E-state index is 0.108. The van der Waals surface area contributed by atoms with E-state index in [-0.39, 0.29) is 12.1 Å². The molecule has 1 heterocycles. The van der Waals surface area contributed by atoms with Crippen LogP contribution in [0, 0.1) is 11.6 Å². The third-order valence-corrected chi connectivity index (χ3v) is 4.67. The van der Waals surface area contributed by atoms with Crippen LogP contribution in [-0.2, 0) is 6.54 Å². The molecule has 0 radical (unpaired) electrons. The lowest BCUT2D eigenvalue weighted by atomic mass is 10.1. The molecule has 0 saturated carbocycles. The van der Waals surface area contributed by atoms with Crippen LogP contribution >= 0.6 is 9.39 Å². The summed E-state index contributed by atoms with van der Waals surface area (Å²) in [5.74, 6) is 11.4. The van der Waals surface area contributed by atoms with Crippen molar-refractivity contribution in [2.45, 2.75) is 6.54 Å². The summed E-state index contributed by atoms with van der Waals surface area (Å²) in [5.41, 5.74) is 2.83. The third kappa shape index (κ3) is 4.09. The lowest BCUT2D eigenvalue weighted by molar-refractivity contribution is 0.0953. The van der Waals surface area contributed by atoms with Gasteiger partial charge in [0.25, 0.3) is 5.91 Å². The molecule has 8 heteroatoms. The van der Waals surface area contributed by atoms with Gasteiger partial charge < -0.3 is 4.31 Å². The summed E-state index contributed by atoms with van der Waals surface area (Å²) in [7, 11) is -1.82. The number of nitrogens with zero attached hydrogens (tertiary/aromatic N) is 2. The van der Waals surface area contributed by atoms with Crippen molar-refractivity contribution in [3.63, 3.8) is 0 Å². The summed E-state index contributed by atoms with van der Waals surface area (Å²) in [6.07, 6.45) is 4.35. The number of nitrogens with one attached hydrogen (secondary N) is 1. The summed E-state index contributed by atoms with van der Waals surface area (Å²) < 4.78 is 29.5. The number of carbonyl (C=O) groups is 1. The van der Waals surface area contributed by atoms with E-state index in [2.05, 4.69) is 16.7 Å². The zero-order valence-electron chi connectivity index (χ0n) is 13.1. The first-order valence-corrected chi connectivity index (χ1v) is 9.18. The molecular weight excluding hydrogens is 334 g/mol. The smallest absolute Gasteiger partial charge is 0.265 e. The Bertz CT molecular complexity index is 868. The highest BCUT2D eigenvalue weighted by atomic mass is 32.2. The normalized spacial score (nSPS) is 11.2. The fraction of sp³-hybridized carbons (Fsp3) is 0.125. The lowest BCUT2D eigenvalue weighted by Gasteiger charge is -2.30. The topological polar surface area (TPSA) is 71.2 Å². The van der Waals surface area contributed by atoms with Gasteiger partial charge in [0, 0.05) is 17.2 Å². The molecule has 1 amide bonds. The Morgan fingerprint density at radius 1 is 1.33 bits per heavy atom. The van der Waals surface area contributed by atoms with Crippen LogP contribution in [0.4, 0.5) is 14.5 Å². The minimum atomic E-state index is -1.82. The van der Waals surface area contributed by atoms with Gasteiger partial charge in [-0.05, 0) is 18.4 Å². The van der Waals surface area contributed by atoms with Crippen LogP contribution in [-0.4, -0.2) is 28.9 Å². The molecule has 1 aromatic carbocycles. The van der Waals surface area contributed by atoms with Gasteiger partial charge in [-0.2, -0.15) is 0 Å². The number of hydrazine groups is 1. The fourth-order valence-corrected chi connectivity index (χ4v) is 3.15. The molecule has 2 aromatic rings. The Morgan fingerprint density at radius 3 is 2.58 bits per heavy atom. The average Bonchev–Trinajstić information content (AvgIpc) is 2.51. The maximum Gasteiger partial charge on any atom is 0.265 e. The van der Waals surface area contributed by atoms with Gasteiger partial charge in [-0.25, -0.2) is 14.6 Å². The van der Waals surface area contributed by atoms with E-state index in [1.54, 1.807) is 10.6 Å². The highest BCUT2D eigenvalue weighted by Crippen LogP contribution is 2.31. The minimum Gasteiger partial charge on any atom is -0.322 e. The van der Waals surface area contributed by atoms with Gasteiger partial charge in [0.15, 0.2) is 0 Å². The van der Waals surface area contributed by atoms with E-state index in [4.69, 9.17) is 5.84 Å². The van der Waals surface area contributed by atoms with Crippen molar-refractivity contribution in [1.82, 2.24) is 10.4 Å². The maximum absolute atomic E-state index is 14.3. The van der Waals surface area contributed by atoms with E-state index in [0.29, 0.717) is 11.3 Å². The van der Waals surface area contributed by atoms with Crippen molar-refractivity contribution >= 4 is 32.7 Å². The van der Waals surface area contributed by atoms with Crippen LogP contribution in [0.15, 0.2) is 36.7 Å². The zero-order valence-corrected chi connectivity index (χ0v) is 13.9. The Kier molecular flexibility index (Phi) is 5.20. The molecule has 2 rings (SSSR count). The first kappa shape index (κ1) is 17.9. The molecule has 0 spiro atoms. The number of nitrogen functional groups attached to an aromatic ring is 1. The second-order valence-corrected chi connectivity index (χ2v) is 8.29. The van der Waals surface area contributed by atoms with Crippen molar-refractivity contribution in [2.75, 3.05) is 10.6 Å². The average molecular weight is 352 g/mol. The Balaban J connectivity index is 2.39. The molecule has 0 atom stereocenters. The van der Waals surface area contributed by atoms with Gasteiger partial charge in [-0.1, -0.05) is 17.8 Å². The molecule has 3 N–H and O–H groups in total. The number of amides is 1. The quantitative estimate of drug-likeness (QED) is 0.374. The van der Waals surface area contributed by atoms with Crippen molar-refractivity contribution < 1.29 is 13.6 Å². The first-order valence-electron chi connectivity index (χ1n) is 6.84. The highest BCUT2D eigenvalue weighted by Gasteiger charge is 2.15. The number of halogens is 2. The van der Waals surface area contributed by atoms with Crippen molar-refractivity contribution in [1.29, 1.82) is 0 Å². The number of anilines is 1. The number of benzene rings is 1. The van der Waals surface area contributed by atoms with Gasteiger partial charge >= 0.3 is 0 Å². The molecule has 0 bridgehead atoms. The van der Waals surface area contributed by atoms with E-state index >= 15 is 0 Å². The van der Waals surface area contributed by atoms with Crippen LogP contribution in [0.5, 0.6) is 0 Å². The number of hydrogen-bond donors (Lipinski definition) is 2. The van der Waals surface area contributed by atoms with Gasteiger partial charge in [-0.15, -0.1) is 9.39 Å². The van der Waals surface area contributed by atoms with Crippen LogP contribution < -0.4 is 15.6 Å². The summed E-state index contributed by atoms with van der Waals surface area (Å²) in [6, 6.07) is 5.33. The first-order chi connectivity index (χ1) is 11.2. The van der Waals surface area contributed by atoms with Crippen molar-refractivity contribution in [3.05, 3.63) is 59.4 Å². The molecule has 0 aliphatic rings. The molecule has 1 aromatic heterocycles. The molecule has 0 saturated heterocycles. The Hall–Kier alpha value is -2.45. The van der Waals surface area contributed by atoms with Gasteiger partial charge in [0.1, 0.15) is 11.6 Å². The number of pyridine rings is 1. The molecule has 0 aliphatic carbocycles. The molecule has 128 valence electrons. The van der Waals surface area contributed by atoms with E-state index in [0.717, 1.165) is 12.3 Å². The molecule has 0 aliphatic heterocycles. The molecule has 5 nitrogen and oxygen atoms in total. The SMILES string of the molecule is C=S(=C)(C)N(Cc1ccc(C(=O)NN)cc1F)c1cncc(F)c1. The molecular formula is C16H18F2N4OS. The summed E-state index contributed by atoms with van der Waals surface area (Å²) in [4.78, 5) is 15.2. The highest BCUT2D eigenvalue weighted by molar-refractivity contribution is 8.28. The van der Waals surface area contributed by atoms with E-state index in [9.17, 15) is 13.6 Å². The fourth-order valence-electron chi connectivity index (χ4n) is 2.09. The van der Waals surface area contributed by atoms with Crippen LogP contribution in [0.2, 0.25) is 0 Å². The zero-order chi connectivity index (χ0) is 17.9. The number of aromatic nitrogens is 1. The molecule has 0 unspecified atom stereocenters. The van der Waals surface area contributed by atoms with Crippen LogP contribution in [0.3, 0.4) is 0 Å². The van der Waals surface area contributed by atoms with Gasteiger partial charge in [0.2, 0.25) is 0 Å². The molecule has 24 heavy (non-hydrogen) atoms. The predicted molar refractivity (Wildman–Crippen MR) is 96.2 cm³/mol. The third-order valence-electron chi connectivity index (χ3n) is 3.27. The van der Waals surface area contributed by atoms with Crippen LogP contribution in [0.1, 0.15) is 15.9 Å². The number of hydrogen-bond acceptors (Lipinski definition) is 4. The number of rotatable bonds is 5.